The van der Waals surface area contributed by atoms with Gasteiger partial charge in [0.25, 0.3) is 0 Å². The summed E-state index contributed by atoms with van der Waals surface area (Å²) in [7, 11) is -3.55. The molecule has 2 aromatic heterocycles. The van der Waals surface area contributed by atoms with Gasteiger partial charge in [-0.05, 0) is 6.92 Å². The van der Waals surface area contributed by atoms with Crippen LogP contribution in [0.4, 0.5) is 0 Å². The van der Waals surface area contributed by atoms with Crippen LogP contribution in [0.15, 0.2) is 27.9 Å². The average molecular weight is 242 g/mol. The van der Waals surface area contributed by atoms with E-state index in [1.54, 1.807) is 13.0 Å². The quantitative estimate of drug-likeness (QED) is 0.796. The summed E-state index contributed by atoms with van der Waals surface area (Å²) in [4.78, 5) is 0.135. The summed E-state index contributed by atoms with van der Waals surface area (Å²) in [5.74, 6) is 0. The predicted octanol–water partition coefficient (Wildman–Crippen LogP) is 0.185. The first kappa shape index (κ1) is 10.8. The fraction of sp³-hybridized carbons (Fsp3) is 0.250. The van der Waals surface area contributed by atoms with Gasteiger partial charge in [0.2, 0.25) is 10.0 Å². The van der Waals surface area contributed by atoms with E-state index in [9.17, 15) is 8.42 Å². The number of nitrogens with zero attached hydrogens (tertiary/aromatic N) is 2. The van der Waals surface area contributed by atoms with Crippen molar-refractivity contribution in [2.45, 2.75) is 18.4 Å². The van der Waals surface area contributed by atoms with E-state index in [0.29, 0.717) is 11.4 Å². The number of hydrogen-bond acceptors (Lipinski definition) is 5. The Bertz CT molecular complexity index is 558. The number of H-pyrrole nitrogens is 1. The first-order chi connectivity index (χ1) is 7.59. The standard InChI is InChI=1S/C8H10N4O3S/c1-6-8(5-9-11-6)16(13,14)10-4-7-2-3-15-12-7/h2-3,5,10H,4H2,1H3,(H,9,11). The van der Waals surface area contributed by atoms with Crippen molar-refractivity contribution in [3.63, 3.8) is 0 Å². The van der Waals surface area contributed by atoms with Crippen molar-refractivity contribution in [2.75, 3.05) is 0 Å². The maximum atomic E-state index is 11.8. The SMILES string of the molecule is Cc1[nH]ncc1S(=O)(=O)NCc1ccon1. The molecule has 0 aromatic carbocycles. The van der Waals surface area contributed by atoms with E-state index in [1.807, 2.05) is 0 Å². The molecule has 0 unspecified atom stereocenters. The lowest BCUT2D eigenvalue weighted by Crippen LogP contribution is -2.23. The van der Waals surface area contributed by atoms with E-state index in [-0.39, 0.29) is 11.4 Å². The third-order valence-electron chi connectivity index (χ3n) is 2.01. The largest absolute Gasteiger partial charge is 0.364 e. The average Bonchev–Trinajstić information content (AvgIpc) is 2.85. The second kappa shape index (κ2) is 4.06. The van der Waals surface area contributed by atoms with Gasteiger partial charge in [-0.1, -0.05) is 5.16 Å². The first-order valence-electron chi connectivity index (χ1n) is 4.48. The normalized spacial score (nSPS) is 11.8. The molecule has 0 amide bonds. The topological polar surface area (TPSA) is 101 Å². The van der Waals surface area contributed by atoms with Gasteiger partial charge in [0.1, 0.15) is 11.2 Å². The Morgan fingerprint density at radius 1 is 1.56 bits per heavy atom. The van der Waals surface area contributed by atoms with E-state index in [1.165, 1.54) is 12.5 Å². The third-order valence-corrected chi connectivity index (χ3v) is 3.52. The first-order valence-corrected chi connectivity index (χ1v) is 5.97. The molecule has 7 nitrogen and oxygen atoms in total. The highest BCUT2D eigenvalue weighted by Gasteiger charge is 2.18. The van der Waals surface area contributed by atoms with Crippen molar-refractivity contribution in [1.29, 1.82) is 0 Å². The minimum Gasteiger partial charge on any atom is -0.364 e. The molecular weight excluding hydrogens is 232 g/mol. The molecule has 16 heavy (non-hydrogen) atoms. The number of aromatic amines is 1. The number of sulfonamides is 1. The molecular formula is C8H10N4O3S. The van der Waals surface area contributed by atoms with E-state index >= 15 is 0 Å². The Morgan fingerprint density at radius 3 is 2.94 bits per heavy atom. The second-order valence-corrected chi connectivity index (χ2v) is 4.91. The van der Waals surface area contributed by atoms with Gasteiger partial charge in [-0.2, -0.15) is 5.10 Å². The van der Waals surface area contributed by atoms with Gasteiger partial charge in [0.15, 0.2) is 0 Å². The molecule has 2 heterocycles. The molecule has 0 aliphatic heterocycles. The molecule has 86 valence electrons. The third kappa shape index (κ3) is 2.12. The highest BCUT2D eigenvalue weighted by atomic mass is 32.2. The lowest BCUT2D eigenvalue weighted by molar-refractivity contribution is 0.411. The van der Waals surface area contributed by atoms with Crippen molar-refractivity contribution in [3.8, 4) is 0 Å². The minimum atomic E-state index is -3.55. The molecule has 0 aliphatic carbocycles. The van der Waals surface area contributed by atoms with Crippen molar-refractivity contribution >= 4 is 10.0 Å². The van der Waals surface area contributed by atoms with Crippen LogP contribution in [-0.2, 0) is 16.6 Å². The number of aryl methyl sites for hydroxylation is 1. The summed E-state index contributed by atoms with van der Waals surface area (Å²) < 4.78 is 30.5. The van der Waals surface area contributed by atoms with Gasteiger partial charge in [0.05, 0.1) is 24.1 Å². The van der Waals surface area contributed by atoms with E-state index in [0.717, 1.165) is 0 Å². The summed E-state index contributed by atoms with van der Waals surface area (Å²) >= 11 is 0. The monoisotopic (exact) mass is 242 g/mol. The molecule has 0 saturated carbocycles. The van der Waals surface area contributed by atoms with Gasteiger partial charge in [0, 0.05) is 6.07 Å². The Morgan fingerprint density at radius 2 is 2.38 bits per heavy atom. The minimum absolute atomic E-state index is 0.0868. The Balaban J connectivity index is 2.13. The Labute approximate surface area is 91.9 Å². The number of aromatic nitrogens is 3. The molecule has 0 spiro atoms. The van der Waals surface area contributed by atoms with Crippen molar-refractivity contribution < 1.29 is 12.9 Å². The van der Waals surface area contributed by atoms with Crippen molar-refractivity contribution in [3.05, 3.63) is 29.9 Å². The predicted molar refractivity (Wildman–Crippen MR) is 53.9 cm³/mol. The molecule has 2 rings (SSSR count). The number of rotatable bonds is 4. The molecule has 0 atom stereocenters. The summed E-state index contributed by atoms with van der Waals surface area (Å²) in [5.41, 5.74) is 1.01. The van der Waals surface area contributed by atoms with Gasteiger partial charge in [-0.25, -0.2) is 13.1 Å². The maximum Gasteiger partial charge on any atom is 0.244 e. The van der Waals surface area contributed by atoms with E-state index in [2.05, 4.69) is 24.6 Å². The Hall–Kier alpha value is -1.67. The number of nitrogens with one attached hydrogen (secondary N) is 2. The fourth-order valence-corrected chi connectivity index (χ4v) is 2.32. The zero-order valence-electron chi connectivity index (χ0n) is 8.47. The molecule has 0 radical (unpaired) electrons. The van der Waals surface area contributed by atoms with Gasteiger partial charge in [-0.3, -0.25) is 5.10 Å². The van der Waals surface area contributed by atoms with Crippen LogP contribution in [0.2, 0.25) is 0 Å². The van der Waals surface area contributed by atoms with Crippen LogP contribution in [0.25, 0.3) is 0 Å². The molecule has 0 saturated heterocycles. The van der Waals surface area contributed by atoms with Crippen LogP contribution in [-0.4, -0.2) is 23.8 Å². The molecule has 8 heteroatoms. The summed E-state index contributed by atoms with van der Waals surface area (Å²) in [5, 5.41) is 9.82. The summed E-state index contributed by atoms with van der Waals surface area (Å²) in [6.07, 6.45) is 2.65. The molecule has 0 fully saturated rings. The zero-order valence-corrected chi connectivity index (χ0v) is 9.28. The lowest BCUT2D eigenvalue weighted by atomic mass is 10.5. The second-order valence-electron chi connectivity index (χ2n) is 3.17. The highest BCUT2D eigenvalue weighted by Crippen LogP contribution is 2.11. The summed E-state index contributed by atoms with van der Waals surface area (Å²) in [6, 6.07) is 1.59. The zero-order chi connectivity index (χ0) is 11.6. The molecule has 2 N–H and O–H groups in total. The van der Waals surface area contributed by atoms with Crippen LogP contribution in [0.3, 0.4) is 0 Å². The lowest BCUT2D eigenvalue weighted by Gasteiger charge is -2.02. The smallest absolute Gasteiger partial charge is 0.244 e. The van der Waals surface area contributed by atoms with Gasteiger partial charge >= 0.3 is 0 Å². The van der Waals surface area contributed by atoms with Crippen LogP contribution in [0, 0.1) is 6.92 Å². The molecule has 0 aliphatic rings. The number of hydrogen-bond donors (Lipinski definition) is 2. The van der Waals surface area contributed by atoms with Gasteiger partial charge < -0.3 is 4.52 Å². The van der Waals surface area contributed by atoms with E-state index in [4.69, 9.17) is 0 Å². The van der Waals surface area contributed by atoms with Crippen molar-refractivity contribution in [1.82, 2.24) is 20.1 Å². The van der Waals surface area contributed by atoms with Crippen LogP contribution in [0.1, 0.15) is 11.4 Å². The molecule has 0 bridgehead atoms. The van der Waals surface area contributed by atoms with Crippen molar-refractivity contribution in [2.24, 2.45) is 0 Å². The van der Waals surface area contributed by atoms with Crippen LogP contribution < -0.4 is 4.72 Å². The van der Waals surface area contributed by atoms with E-state index < -0.39 is 10.0 Å². The molecule has 2 aromatic rings. The summed E-state index contributed by atoms with van der Waals surface area (Å²) in [6.45, 7) is 1.72. The maximum absolute atomic E-state index is 11.8. The highest BCUT2D eigenvalue weighted by molar-refractivity contribution is 7.89. The van der Waals surface area contributed by atoms with Crippen LogP contribution >= 0.6 is 0 Å². The van der Waals surface area contributed by atoms with Gasteiger partial charge in [-0.15, -0.1) is 0 Å². The fourth-order valence-electron chi connectivity index (χ4n) is 1.19. The van der Waals surface area contributed by atoms with Crippen LogP contribution in [0.5, 0.6) is 0 Å². The Kier molecular flexibility index (Phi) is 2.75.